The van der Waals surface area contributed by atoms with E-state index in [1.54, 1.807) is 52.5 Å². The van der Waals surface area contributed by atoms with Gasteiger partial charge in [0.05, 0.1) is 12.7 Å². The van der Waals surface area contributed by atoms with Gasteiger partial charge in [-0.05, 0) is 35.7 Å². The first kappa shape index (κ1) is 17.9. The van der Waals surface area contributed by atoms with Crippen LogP contribution in [0.5, 0.6) is 5.75 Å². The van der Waals surface area contributed by atoms with Gasteiger partial charge in [0.2, 0.25) is 0 Å². The van der Waals surface area contributed by atoms with Crippen molar-refractivity contribution in [2.45, 2.75) is 19.9 Å². The number of hydrogen-bond acceptors (Lipinski definition) is 5. The largest absolute Gasteiger partial charge is 0.484 e. The summed E-state index contributed by atoms with van der Waals surface area (Å²) < 4.78 is 7.21. The summed E-state index contributed by atoms with van der Waals surface area (Å²) in [5, 5.41) is 9.04. The number of aromatic nitrogens is 2. The van der Waals surface area contributed by atoms with E-state index in [2.05, 4.69) is 10.4 Å². The first-order chi connectivity index (χ1) is 12.7. The van der Waals surface area contributed by atoms with E-state index in [0.717, 1.165) is 4.88 Å². The predicted molar refractivity (Wildman–Crippen MR) is 101 cm³/mol. The van der Waals surface area contributed by atoms with E-state index in [1.165, 1.54) is 0 Å². The number of ether oxygens (including phenoxy) is 1. The Bertz CT molecular complexity index is 870. The molecular formula is C19H19N3O3S. The summed E-state index contributed by atoms with van der Waals surface area (Å²) in [6.45, 7) is 2.31. The van der Waals surface area contributed by atoms with E-state index in [9.17, 15) is 9.59 Å². The molecule has 2 heterocycles. The topological polar surface area (TPSA) is 73.2 Å². The monoisotopic (exact) mass is 369 g/mol. The molecule has 7 heteroatoms. The second-order valence-corrected chi connectivity index (χ2v) is 6.62. The van der Waals surface area contributed by atoms with Crippen molar-refractivity contribution in [3.63, 3.8) is 0 Å². The van der Waals surface area contributed by atoms with Crippen LogP contribution in [0.25, 0.3) is 0 Å². The van der Waals surface area contributed by atoms with Crippen molar-refractivity contribution in [1.29, 1.82) is 0 Å². The van der Waals surface area contributed by atoms with Crippen molar-refractivity contribution in [3.05, 3.63) is 64.5 Å². The molecule has 0 unspecified atom stereocenters. The van der Waals surface area contributed by atoms with Crippen LogP contribution in [0.4, 0.5) is 5.82 Å². The number of ketones is 1. The van der Waals surface area contributed by atoms with Crippen LogP contribution in [-0.2, 0) is 11.3 Å². The van der Waals surface area contributed by atoms with Crippen molar-refractivity contribution in [2.75, 3.05) is 11.9 Å². The van der Waals surface area contributed by atoms with Gasteiger partial charge in [0.15, 0.2) is 12.4 Å². The highest BCUT2D eigenvalue weighted by Crippen LogP contribution is 2.15. The van der Waals surface area contributed by atoms with Crippen LogP contribution >= 0.6 is 11.3 Å². The number of nitrogens with zero attached hydrogens (tertiary/aromatic N) is 2. The highest BCUT2D eigenvalue weighted by molar-refractivity contribution is 7.09. The first-order valence-electron chi connectivity index (χ1n) is 8.26. The fourth-order valence-electron chi connectivity index (χ4n) is 2.38. The number of carbonyl (C=O) groups excluding carboxylic acids is 2. The Morgan fingerprint density at radius 1 is 1.19 bits per heavy atom. The van der Waals surface area contributed by atoms with Crippen molar-refractivity contribution < 1.29 is 14.3 Å². The highest BCUT2D eigenvalue weighted by atomic mass is 32.1. The van der Waals surface area contributed by atoms with E-state index in [-0.39, 0.29) is 18.3 Å². The Morgan fingerprint density at radius 3 is 2.69 bits per heavy atom. The van der Waals surface area contributed by atoms with Gasteiger partial charge in [-0.2, -0.15) is 5.10 Å². The number of nitrogens with one attached hydrogen (secondary N) is 1. The summed E-state index contributed by atoms with van der Waals surface area (Å²) >= 11 is 1.64. The summed E-state index contributed by atoms with van der Waals surface area (Å²) in [7, 11) is 0. The standard InChI is InChI=1S/C19H19N3O3S/c1-2-17(23)14-5-7-15(8-6-14)25-13-19(24)21-18-9-10-20-22(18)12-16-4-3-11-26-16/h3-11H,2,12-13H2,1H3,(H,21,24). The Morgan fingerprint density at radius 2 is 2.00 bits per heavy atom. The third-order valence-electron chi connectivity index (χ3n) is 3.74. The third kappa shape index (κ3) is 4.58. The number of Topliss-reactive ketones (excluding diaryl/α,β-unsaturated/α-hetero) is 1. The van der Waals surface area contributed by atoms with Crippen molar-refractivity contribution in [1.82, 2.24) is 9.78 Å². The molecule has 0 atom stereocenters. The van der Waals surface area contributed by atoms with Gasteiger partial charge in [-0.3, -0.25) is 9.59 Å². The molecule has 3 rings (SSSR count). The number of benzene rings is 1. The summed E-state index contributed by atoms with van der Waals surface area (Å²) in [6.07, 6.45) is 2.11. The maximum Gasteiger partial charge on any atom is 0.263 e. The molecule has 134 valence electrons. The number of hydrogen-bond donors (Lipinski definition) is 1. The third-order valence-corrected chi connectivity index (χ3v) is 4.60. The second-order valence-electron chi connectivity index (χ2n) is 5.59. The molecule has 0 aliphatic rings. The molecule has 3 aromatic rings. The number of anilines is 1. The van der Waals surface area contributed by atoms with E-state index < -0.39 is 0 Å². The molecule has 0 bridgehead atoms. The highest BCUT2D eigenvalue weighted by Gasteiger charge is 2.09. The molecule has 0 spiro atoms. The number of carbonyl (C=O) groups is 2. The minimum atomic E-state index is -0.272. The molecule has 0 aliphatic heterocycles. The number of rotatable bonds is 8. The minimum absolute atomic E-state index is 0.0771. The van der Waals surface area contributed by atoms with Crippen molar-refractivity contribution in [2.24, 2.45) is 0 Å². The van der Waals surface area contributed by atoms with Crippen molar-refractivity contribution in [3.8, 4) is 5.75 Å². The van der Waals surface area contributed by atoms with Gasteiger partial charge < -0.3 is 10.1 Å². The summed E-state index contributed by atoms with van der Waals surface area (Å²) in [4.78, 5) is 24.9. The predicted octanol–water partition coefficient (Wildman–Crippen LogP) is 3.60. The molecule has 1 aromatic carbocycles. The molecule has 2 aromatic heterocycles. The molecule has 0 saturated carbocycles. The van der Waals surface area contributed by atoms with Gasteiger partial charge in [-0.15, -0.1) is 11.3 Å². The lowest BCUT2D eigenvalue weighted by Gasteiger charge is -2.09. The zero-order chi connectivity index (χ0) is 18.4. The van der Waals surface area contributed by atoms with Crippen LogP contribution in [0.2, 0.25) is 0 Å². The Labute approximate surface area is 155 Å². The normalized spacial score (nSPS) is 10.5. The first-order valence-corrected chi connectivity index (χ1v) is 9.14. The van der Waals surface area contributed by atoms with E-state index >= 15 is 0 Å². The van der Waals surface area contributed by atoms with Crippen molar-refractivity contribution >= 4 is 28.8 Å². The molecule has 1 amide bonds. The van der Waals surface area contributed by atoms with E-state index in [4.69, 9.17) is 4.74 Å². The fourth-order valence-corrected chi connectivity index (χ4v) is 3.07. The second kappa shape index (κ2) is 8.44. The lowest BCUT2D eigenvalue weighted by Crippen LogP contribution is -2.22. The molecule has 0 aliphatic carbocycles. The van der Waals surface area contributed by atoms with Gasteiger partial charge in [-0.1, -0.05) is 13.0 Å². The SMILES string of the molecule is CCC(=O)c1ccc(OCC(=O)Nc2ccnn2Cc2cccs2)cc1. The van der Waals surface area contributed by atoms with Crippen LogP contribution in [0.15, 0.2) is 54.0 Å². The smallest absolute Gasteiger partial charge is 0.263 e. The van der Waals surface area contributed by atoms with Crippen LogP contribution in [0.1, 0.15) is 28.6 Å². The summed E-state index contributed by atoms with van der Waals surface area (Å²) in [5.74, 6) is 0.968. The average molecular weight is 369 g/mol. The molecule has 26 heavy (non-hydrogen) atoms. The quantitative estimate of drug-likeness (QED) is 0.616. The molecule has 6 nitrogen and oxygen atoms in total. The summed E-state index contributed by atoms with van der Waals surface area (Å²) in [5.41, 5.74) is 0.641. The van der Waals surface area contributed by atoms with E-state index in [0.29, 0.717) is 30.1 Å². The lowest BCUT2D eigenvalue weighted by molar-refractivity contribution is -0.118. The number of thiophene rings is 1. The van der Waals surface area contributed by atoms with Gasteiger partial charge in [0.1, 0.15) is 11.6 Å². The summed E-state index contributed by atoms with van der Waals surface area (Å²) in [6, 6.07) is 12.5. The Balaban J connectivity index is 1.53. The van der Waals surface area contributed by atoms with E-state index in [1.807, 2.05) is 24.4 Å². The maximum absolute atomic E-state index is 12.1. The Kier molecular flexibility index (Phi) is 5.80. The molecule has 0 radical (unpaired) electrons. The maximum atomic E-state index is 12.1. The fraction of sp³-hybridized carbons (Fsp3) is 0.211. The lowest BCUT2D eigenvalue weighted by atomic mass is 10.1. The zero-order valence-corrected chi connectivity index (χ0v) is 15.2. The number of amides is 1. The van der Waals surface area contributed by atoms with Crippen LogP contribution < -0.4 is 10.1 Å². The molecular weight excluding hydrogens is 350 g/mol. The van der Waals surface area contributed by atoms with Gasteiger partial charge in [0, 0.05) is 22.9 Å². The molecule has 1 N–H and O–H groups in total. The van der Waals surface area contributed by atoms with Gasteiger partial charge >= 0.3 is 0 Å². The van der Waals surface area contributed by atoms with Gasteiger partial charge in [-0.25, -0.2) is 4.68 Å². The molecule has 0 fully saturated rings. The average Bonchev–Trinajstić information content (AvgIpc) is 3.33. The minimum Gasteiger partial charge on any atom is -0.484 e. The zero-order valence-electron chi connectivity index (χ0n) is 14.3. The molecule has 0 saturated heterocycles. The van der Waals surface area contributed by atoms with Gasteiger partial charge in [0.25, 0.3) is 5.91 Å². The van der Waals surface area contributed by atoms with Crippen LogP contribution in [0, 0.1) is 0 Å². The Hall–Kier alpha value is -2.93. The van der Waals surface area contributed by atoms with Crippen LogP contribution in [0.3, 0.4) is 0 Å². The van der Waals surface area contributed by atoms with Crippen LogP contribution in [-0.4, -0.2) is 28.1 Å².